The summed E-state index contributed by atoms with van der Waals surface area (Å²) in [4.78, 5) is 4.51. The first-order valence-electron chi connectivity index (χ1n) is 5.99. The Morgan fingerprint density at radius 1 is 1.44 bits per heavy atom. The maximum Gasteiger partial charge on any atom is 0.204 e. The van der Waals surface area contributed by atoms with Crippen LogP contribution in [0, 0.1) is 11.8 Å². The first kappa shape index (κ1) is 12.5. The van der Waals surface area contributed by atoms with Crippen molar-refractivity contribution in [2.75, 3.05) is 11.9 Å². The zero-order valence-electron chi connectivity index (χ0n) is 10.6. The van der Waals surface area contributed by atoms with E-state index in [0.29, 0.717) is 13.1 Å². The van der Waals surface area contributed by atoms with Crippen molar-refractivity contribution in [3.8, 4) is 11.8 Å². The molecule has 0 saturated carbocycles. The van der Waals surface area contributed by atoms with E-state index >= 15 is 0 Å². The maximum absolute atomic E-state index is 9.33. The number of hydrogen-bond donors (Lipinski definition) is 2. The van der Waals surface area contributed by atoms with Gasteiger partial charge in [0.25, 0.3) is 0 Å². The van der Waals surface area contributed by atoms with Crippen LogP contribution in [0.4, 0.5) is 5.95 Å². The minimum atomic E-state index is -0.407. The van der Waals surface area contributed by atoms with E-state index in [1.165, 1.54) is 0 Å². The van der Waals surface area contributed by atoms with Gasteiger partial charge in [-0.3, -0.25) is 4.57 Å². The molecule has 1 aromatic carbocycles. The van der Waals surface area contributed by atoms with Crippen molar-refractivity contribution in [1.82, 2.24) is 9.55 Å². The van der Waals surface area contributed by atoms with Gasteiger partial charge < -0.3 is 10.4 Å². The number of imidazole rings is 1. The molecule has 0 saturated heterocycles. The molecule has 4 heteroatoms. The van der Waals surface area contributed by atoms with Crippen LogP contribution >= 0.6 is 0 Å². The van der Waals surface area contributed by atoms with E-state index < -0.39 is 6.10 Å². The average Bonchev–Trinajstić information content (AvgIpc) is 2.71. The van der Waals surface area contributed by atoms with E-state index in [0.717, 1.165) is 17.0 Å². The van der Waals surface area contributed by atoms with E-state index in [9.17, 15) is 5.11 Å². The maximum atomic E-state index is 9.33. The number of aliphatic hydroxyl groups excluding tert-OH is 1. The van der Waals surface area contributed by atoms with Crippen LogP contribution in [-0.4, -0.2) is 27.3 Å². The number of aromatic nitrogens is 2. The van der Waals surface area contributed by atoms with E-state index in [1.54, 1.807) is 6.92 Å². The van der Waals surface area contributed by atoms with Gasteiger partial charge in [-0.2, -0.15) is 0 Å². The molecular weight excluding hydrogens is 226 g/mol. The molecule has 0 aliphatic heterocycles. The zero-order chi connectivity index (χ0) is 13.0. The number of aliphatic hydroxyl groups is 1. The second kappa shape index (κ2) is 5.56. The summed E-state index contributed by atoms with van der Waals surface area (Å²) in [5.74, 6) is 6.68. The molecule has 0 aliphatic carbocycles. The van der Waals surface area contributed by atoms with Crippen molar-refractivity contribution in [3.63, 3.8) is 0 Å². The van der Waals surface area contributed by atoms with Gasteiger partial charge in [0.1, 0.15) is 0 Å². The number of hydrogen-bond acceptors (Lipinski definition) is 3. The molecule has 2 N–H and O–H groups in total. The second-order valence-corrected chi connectivity index (χ2v) is 4.17. The van der Waals surface area contributed by atoms with Gasteiger partial charge in [-0.15, -0.1) is 5.92 Å². The molecule has 1 atom stereocenters. The Bertz CT molecular complexity index is 590. The van der Waals surface area contributed by atoms with Crippen LogP contribution in [0.15, 0.2) is 24.3 Å². The summed E-state index contributed by atoms with van der Waals surface area (Å²) >= 11 is 0. The van der Waals surface area contributed by atoms with Crippen LogP contribution in [0.3, 0.4) is 0 Å². The molecule has 0 bridgehead atoms. The van der Waals surface area contributed by atoms with Crippen molar-refractivity contribution in [2.45, 2.75) is 26.5 Å². The molecule has 4 nitrogen and oxygen atoms in total. The van der Waals surface area contributed by atoms with Crippen molar-refractivity contribution in [2.24, 2.45) is 0 Å². The Morgan fingerprint density at radius 3 is 2.94 bits per heavy atom. The van der Waals surface area contributed by atoms with Crippen LogP contribution in [0.25, 0.3) is 11.0 Å². The van der Waals surface area contributed by atoms with Crippen LogP contribution < -0.4 is 5.32 Å². The molecule has 0 fully saturated rings. The van der Waals surface area contributed by atoms with Crippen LogP contribution in [0.1, 0.15) is 13.8 Å². The lowest BCUT2D eigenvalue weighted by atomic mass is 10.3. The molecule has 0 radical (unpaired) electrons. The van der Waals surface area contributed by atoms with Crippen molar-refractivity contribution >= 4 is 17.0 Å². The minimum Gasteiger partial charge on any atom is -0.392 e. The van der Waals surface area contributed by atoms with E-state index in [2.05, 4.69) is 22.1 Å². The van der Waals surface area contributed by atoms with E-state index in [1.807, 2.05) is 35.8 Å². The third kappa shape index (κ3) is 2.63. The SMILES string of the molecule is CC#CCn1c(NCC(C)O)nc2ccccc21. The monoisotopic (exact) mass is 243 g/mol. The minimum absolute atomic E-state index is 0.407. The molecule has 0 spiro atoms. The average molecular weight is 243 g/mol. The highest BCUT2D eigenvalue weighted by Gasteiger charge is 2.09. The van der Waals surface area contributed by atoms with Gasteiger partial charge in [0.05, 0.1) is 23.7 Å². The fourth-order valence-corrected chi connectivity index (χ4v) is 1.77. The smallest absolute Gasteiger partial charge is 0.204 e. The van der Waals surface area contributed by atoms with Crippen LogP contribution in [-0.2, 0) is 6.54 Å². The fourth-order valence-electron chi connectivity index (χ4n) is 1.77. The topological polar surface area (TPSA) is 50.1 Å². The van der Waals surface area contributed by atoms with Crippen molar-refractivity contribution in [1.29, 1.82) is 0 Å². The number of nitrogens with one attached hydrogen (secondary N) is 1. The highest BCUT2D eigenvalue weighted by Crippen LogP contribution is 2.19. The zero-order valence-corrected chi connectivity index (χ0v) is 10.6. The first-order valence-corrected chi connectivity index (χ1v) is 5.99. The van der Waals surface area contributed by atoms with Gasteiger partial charge in [-0.05, 0) is 26.0 Å². The molecule has 2 aromatic rings. The summed E-state index contributed by atoms with van der Waals surface area (Å²) in [5.41, 5.74) is 1.98. The summed E-state index contributed by atoms with van der Waals surface area (Å²) in [7, 11) is 0. The lowest BCUT2D eigenvalue weighted by Crippen LogP contribution is -2.18. The van der Waals surface area contributed by atoms with E-state index in [4.69, 9.17) is 0 Å². The summed E-state index contributed by atoms with van der Waals surface area (Å²) in [6.45, 7) is 4.63. The highest BCUT2D eigenvalue weighted by atomic mass is 16.3. The lowest BCUT2D eigenvalue weighted by molar-refractivity contribution is 0.208. The molecule has 1 aromatic heterocycles. The molecule has 0 amide bonds. The number of para-hydroxylation sites is 2. The number of rotatable bonds is 4. The van der Waals surface area contributed by atoms with Gasteiger partial charge in [0, 0.05) is 6.54 Å². The Hall–Kier alpha value is -1.99. The standard InChI is InChI=1S/C14H17N3O/c1-3-4-9-17-13-8-6-5-7-12(13)16-14(17)15-10-11(2)18/h5-8,11,18H,9-10H2,1-2H3,(H,15,16). The number of benzene rings is 1. The third-order valence-corrected chi connectivity index (χ3v) is 2.62. The van der Waals surface area contributed by atoms with Crippen LogP contribution in [0.2, 0.25) is 0 Å². The highest BCUT2D eigenvalue weighted by molar-refractivity contribution is 5.78. The van der Waals surface area contributed by atoms with Gasteiger partial charge in [-0.25, -0.2) is 4.98 Å². The summed E-state index contributed by atoms with van der Waals surface area (Å²) in [5, 5.41) is 12.5. The van der Waals surface area contributed by atoms with Gasteiger partial charge in [0.15, 0.2) is 0 Å². The van der Waals surface area contributed by atoms with E-state index in [-0.39, 0.29) is 0 Å². The number of anilines is 1. The number of nitrogens with zero attached hydrogens (tertiary/aromatic N) is 2. The Balaban J connectivity index is 2.38. The Labute approximate surface area is 107 Å². The molecule has 94 valence electrons. The normalized spacial score (nSPS) is 11.9. The summed E-state index contributed by atoms with van der Waals surface area (Å²) in [6, 6.07) is 7.94. The van der Waals surface area contributed by atoms with Gasteiger partial charge in [0.2, 0.25) is 5.95 Å². The molecule has 18 heavy (non-hydrogen) atoms. The summed E-state index contributed by atoms with van der Waals surface area (Å²) in [6.07, 6.45) is -0.407. The Kier molecular flexibility index (Phi) is 3.85. The molecule has 1 unspecified atom stereocenters. The van der Waals surface area contributed by atoms with Crippen molar-refractivity contribution < 1.29 is 5.11 Å². The summed E-state index contributed by atoms with van der Waals surface area (Å²) < 4.78 is 2.02. The predicted octanol–water partition coefficient (Wildman–Crippen LogP) is 1.85. The molecule has 2 rings (SSSR count). The fraction of sp³-hybridized carbons (Fsp3) is 0.357. The van der Waals surface area contributed by atoms with Gasteiger partial charge >= 0.3 is 0 Å². The van der Waals surface area contributed by atoms with Crippen molar-refractivity contribution in [3.05, 3.63) is 24.3 Å². The predicted molar refractivity (Wildman–Crippen MR) is 73.4 cm³/mol. The first-order chi connectivity index (χ1) is 8.72. The molecule has 1 heterocycles. The largest absolute Gasteiger partial charge is 0.392 e. The third-order valence-electron chi connectivity index (χ3n) is 2.62. The Morgan fingerprint density at radius 2 is 2.22 bits per heavy atom. The second-order valence-electron chi connectivity index (χ2n) is 4.17. The van der Waals surface area contributed by atoms with Crippen LogP contribution in [0.5, 0.6) is 0 Å². The molecular formula is C14H17N3O. The van der Waals surface area contributed by atoms with Gasteiger partial charge in [-0.1, -0.05) is 18.1 Å². The number of fused-ring (bicyclic) bond motifs is 1. The lowest BCUT2D eigenvalue weighted by Gasteiger charge is -2.09. The molecule has 0 aliphatic rings. The quantitative estimate of drug-likeness (QED) is 0.806.